The maximum absolute atomic E-state index is 10.5. The normalized spacial score (nSPS) is 10.3. The van der Waals surface area contributed by atoms with Gasteiger partial charge in [-0.25, -0.2) is 0 Å². The van der Waals surface area contributed by atoms with Crippen molar-refractivity contribution < 1.29 is 9.66 Å². The maximum Gasteiger partial charge on any atom is 0.322 e. The van der Waals surface area contributed by atoms with Gasteiger partial charge in [-0.2, -0.15) is 9.97 Å². The fourth-order valence-electron chi connectivity index (χ4n) is 1.66. The van der Waals surface area contributed by atoms with E-state index in [2.05, 4.69) is 16.0 Å². The number of aryl methyl sites for hydroxylation is 2. The first-order valence-electron chi connectivity index (χ1n) is 5.69. The standard InChI is InChI=1S/C13H13N3O3/c1-8-4-9(2)10(3)12(5-8)19-13-14-6-11(7-15-13)16(17)18/h4-7H,1-3H3. The van der Waals surface area contributed by atoms with Crippen molar-refractivity contribution in [3.8, 4) is 11.8 Å². The number of nitro groups is 1. The van der Waals surface area contributed by atoms with Crippen molar-refractivity contribution in [1.82, 2.24) is 9.97 Å². The molecule has 1 heterocycles. The van der Waals surface area contributed by atoms with Crippen LogP contribution in [0.2, 0.25) is 0 Å². The number of hydrogen-bond acceptors (Lipinski definition) is 5. The molecule has 0 spiro atoms. The molecule has 0 saturated heterocycles. The van der Waals surface area contributed by atoms with E-state index in [9.17, 15) is 10.1 Å². The Morgan fingerprint density at radius 3 is 2.37 bits per heavy atom. The fraction of sp³-hybridized carbons (Fsp3) is 0.231. The number of ether oxygens (including phenoxy) is 1. The third-order valence-corrected chi connectivity index (χ3v) is 2.79. The summed E-state index contributed by atoms with van der Waals surface area (Å²) in [5.74, 6) is 0.659. The second-order valence-corrected chi connectivity index (χ2v) is 4.29. The van der Waals surface area contributed by atoms with Gasteiger partial charge < -0.3 is 4.74 Å². The van der Waals surface area contributed by atoms with Crippen LogP contribution in [0.25, 0.3) is 0 Å². The predicted octanol–water partition coefficient (Wildman–Crippen LogP) is 3.10. The summed E-state index contributed by atoms with van der Waals surface area (Å²) < 4.78 is 5.56. The molecule has 19 heavy (non-hydrogen) atoms. The molecule has 0 aliphatic rings. The molecule has 6 nitrogen and oxygen atoms in total. The van der Waals surface area contributed by atoms with Gasteiger partial charge in [-0.15, -0.1) is 0 Å². The molecule has 0 atom stereocenters. The van der Waals surface area contributed by atoms with Crippen LogP contribution in [0.15, 0.2) is 24.5 Å². The Labute approximate surface area is 110 Å². The van der Waals surface area contributed by atoms with Crippen molar-refractivity contribution in [2.45, 2.75) is 20.8 Å². The minimum Gasteiger partial charge on any atom is -0.424 e. The summed E-state index contributed by atoms with van der Waals surface area (Å²) >= 11 is 0. The smallest absolute Gasteiger partial charge is 0.322 e. The highest BCUT2D eigenvalue weighted by molar-refractivity contribution is 5.43. The summed E-state index contributed by atoms with van der Waals surface area (Å²) in [4.78, 5) is 17.6. The Morgan fingerprint density at radius 1 is 1.16 bits per heavy atom. The van der Waals surface area contributed by atoms with Crippen LogP contribution in [0.3, 0.4) is 0 Å². The lowest BCUT2D eigenvalue weighted by atomic mass is 10.1. The Morgan fingerprint density at radius 2 is 1.79 bits per heavy atom. The van der Waals surface area contributed by atoms with Gasteiger partial charge in [0.05, 0.1) is 4.92 Å². The first-order chi connectivity index (χ1) is 8.97. The van der Waals surface area contributed by atoms with E-state index in [4.69, 9.17) is 4.74 Å². The number of hydrogen-bond donors (Lipinski definition) is 0. The zero-order chi connectivity index (χ0) is 14.0. The Kier molecular flexibility index (Phi) is 3.41. The number of rotatable bonds is 3. The van der Waals surface area contributed by atoms with E-state index in [0.717, 1.165) is 29.1 Å². The highest BCUT2D eigenvalue weighted by Crippen LogP contribution is 2.26. The average Bonchev–Trinajstić information content (AvgIpc) is 2.36. The summed E-state index contributed by atoms with van der Waals surface area (Å²) in [6.07, 6.45) is 2.25. The largest absolute Gasteiger partial charge is 0.424 e. The van der Waals surface area contributed by atoms with Crippen LogP contribution in [-0.4, -0.2) is 14.9 Å². The van der Waals surface area contributed by atoms with Gasteiger partial charge in [0, 0.05) is 0 Å². The Bertz CT molecular complexity index is 624. The van der Waals surface area contributed by atoms with Crippen molar-refractivity contribution >= 4 is 5.69 Å². The molecule has 6 heteroatoms. The molecule has 1 aromatic carbocycles. The molecular weight excluding hydrogens is 246 g/mol. The molecule has 0 N–H and O–H groups in total. The minimum absolute atomic E-state index is 0.0960. The summed E-state index contributed by atoms with van der Waals surface area (Å²) in [6, 6.07) is 4.03. The van der Waals surface area contributed by atoms with Gasteiger partial charge in [0.2, 0.25) is 0 Å². The topological polar surface area (TPSA) is 78.2 Å². The van der Waals surface area contributed by atoms with Crippen LogP contribution in [0.1, 0.15) is 16.7 Å². The monoisotopic (exact) mass is 259 g/mol. The van der Waals surface area contributed by atoms with Crippen molar-refractivity contribution in [3.05, 3.63) is 51.3 Å². The SMILES string of the molecule is Cc1cc(C)c(C)c(Oc2ncc([N+](=O)[O-])cn2)c1. The van der Waals surface area contributed by atoms with E-state index >= 15 is 0 Å². The van der Waals surface area contributed by atoms with Crippen LogP contribution < -0.4 is 4.74 Å². The molecule has 1 aromatic heterocycles. The summed E-state index contributed by atoms with van der Waals surface area (Å²) in [5, 5.41) is 10.5. The lowest BCUT2D eigenvalue weighted by Crippen LogP contribution is -1.97. The molecule has 0 aliphatic heterocycles. The van der Waals surface area contributed by atoms with Crippen molar-refractivity contribution in [1.29, 1.82) is 0 Å². The van der Waals surface area contributed by atoms with Gasteiger partial charge in [0.15, 0.2) is 0 Å². The molecule has 0 fully saturated rings. The van der Waals surface area contributed by atoms with Gasteiger partial charge in [0.25, 0.3) is 0 Å². The second-order valence-electron chi connectivity index (χ2n) is 4.29. The predicted molar refractivity (Wildman–Crippen MR) is 69.4 cm³/mol. The highest BCUT2D eigenvalue weighted by atomic mass is 16.6. The quantitative estimate of drug-likeness (QED) is 0.625. The molecule has 98 valence electrons. The van der Waals surface area contributed by atoms with E-state index in [1.807, 2.05) is 26.8 Å². The lowest BCUT2D eigenvalue weighted by molar-refractivity contribution is -0.385. The Balaban J connectivity index is 2.28. The summed E-state index contributed by atoms with van der Waals surface area (Å²) in [6.45, 7) is 5.90. The number of benzene rings is 1. The molecule has 0 radical (unpaired) electrons. The van der Waals surface area contributed by atoms with Crippen LogP contribution in [-0.2, 0) is 0 Å². The molecule has 0 aliphatic carbocycles. The Hall–Kier alpha value is -2.50. The zero-order valence-corrected chi connectivity index (χ0v) is 10.9. The van der Waals surface area contributed by atoms with Crippen molar-refractivity contribution in [2.75, 3.05) is 0 Å². The molecule has 0 amide bonds. The maximum atomic E-state index is 10.5. The van der Waals surface area contributed by atoms with Gasteiger partial charge in [-0.05, 0) is 43.5 Å². The van der Waals surface area contributed by atoms with Crippen LogP contribution in [0.4, 0.5) is 5.69 Å². The highest BCUT2D eigenvalue weighted by Gasteiger charge is 2.10. The molecule has 0 saturated carbocycles. The number of nitrogens with zero attached hydrogens (tertiary/aromatic N) is 3. The lowest BCUT2D eigenvalue weighted by Gasteiger charge is -2.10. The first-order valence-corrected chi connectivity index (χ1v) is 5.69. The summed E-state index contributed by atoms with van der Waals surface area (Å²) in [7, 11) is 0. The van der Waals surface area contributed by atoms with E-state index in [0.29, 0.717) is 5.75 Å². The van der Waals surface area contributed by atoms with E-state index in [1.54, 1.807) is 0 Å². The van der Waals surface area contributed by atoms with Crippen LogP contribution in [0, 0.1) is 30.9 Å². The van der Waals surface area contributed by atoms with Gasteiger partial charge in [-0.3, -0.25) is 10.1 Å². The third kappa shape index (κ3) is 2.85. The molecular formula is C13H13N3O3. The van der Waals surface area contributed by atoms with Crippen molar-refractivity contribution in [3.63, 3.8) is 0 Å². The molecule has 2 rings (SSSR count). The first kappa shape index (κ1) is 12.9. The summed E-state index contributed by atoms with van der Waals surface area (Å²) in [5.41, 5.74) is 3.01. The van der Waals surface area contributed by atoms with Gasteiger partial charge >= 0.3 is 11.7 Å². The van der Waals surface area contributed by atoms with E-state index in [-0.39, 0.29) is 11.7 Å². The molecule has 0 unspecified atom stereocenters. The van der Waals surface area contributed by atoms with E-state index in [1.165, 1.54) is 0 Å². The minimum atomic E-state index is -0.550. The molecule has 2 aromatic rings. The van der Waals surface area contributed by atoms with Gasteiger partial charge in [-0.1, -0.05) is 6.07 Å². The average molecular weight is 259 g/mol. The van der Waals surface area contributed by atoms with Crippen LogP contribution >= 0.6 is 0 Å². The van der Waals surface area contributed by atoms with Crippen LogP contribution in [0.5, 0.6) is 11.8 Å². The second kappa shape index (κ2) is 5.01. The van der Waals surface area contributed by atoms with E-state index < -0.39 is 4.92 Å². The fourth-order valence-corrected chi connectivity index (χ4v) is 1.66. The van der Waals surface area contributed by atoms with Crippen molar-refractivity contribution in [2.24, 2.45) is 0 Å². The zero-order valence-electron chi connectivity index (χ0n) is 10.9. The number of aromatic nitrogens is 2. The van der Waals surface area contributed by atoms with Gasteiger partial charge in [0.1, 0.15) is 18.1 Å². The third-order valence-electron chi connectivity index (χ3n) is 2.79. The molecule has 0 bridgehead atoms.